The van der Waals surface area contributed by atoms with Crippen molar-refractivity contribution in [2.24, 2.45) is 0 Å². The minimum Gasteiger partial charge on any atom is -0.206 e. The average molecular weight is 368 g/mol. The smallest absolute Gasteiger partial charge is 0.135 e. The summed E-state index contributed by atoms with van der Waals surface area (Å²) in [6.07, 6.45) is 0. The molecule has 0 bridgehead atoms. The topological polar surface area (TPSA) is 0 Å². The lowest BCUT2D eigenvalue weighted by Crippen LogP contribution is -1.92. The molecular formula is C13H7BrCl3F. The SMILES string of the molecule is Fc1c(CBr)cccc1-c1c(Cl)ccc(Cl)c1Cl. The zero-order valence-electron chi connectivity index (χ0n) is 8.98. The summed E-state index contributed by atoms with van der Waals surface area (Å²) in [5.74, 6) is -0.347. The van der Waals surface area contributed by atoms with Crippen LogP contribution in [0.5, 0.6) is 0 Å². The van der Waals surface area contributed by atoms with E-state index in [-0.39, 0.29) is 10.8 Å². The molecule has 0 atom stereocenters. The molecular weight excluding hydrogens is 361 g/mol. The third kappa shape index (κ3) is 2.53. The first-order valence-electron chi connectivity index (χ1n) is 5.03. The molecule has 0 unspecified atom stereocenters. The van der Waals surface area contributed by atoms with Gasteiger partial charge in [-0.05, 0) is 17.7 Å². The van der Waals surface area contributed by atoms with Gasteiger partial charge in [-0.3, -0.25) is 0 Å². The number of hydrogen-bond donors (Lipinski definition) is 0. The highest BCUT2D eigenvalue weighted by Gasteiger charge is 2.16. The molecule has 0 heterocycles. The average Bonchev–Trinajstić information content (AvgIpc) is 2.36. The molecule has 0 nitrogen and oxygen atoms in total. The Balaban J connectivity index is 2.73. The van der Waals surface area contributed by atoms with Crippen molar-refractivity contribution in [3.05, 3.63) is 56.8 Å². The summed E-state index contributed by atoms with van der Waals surface area (Å²) >= 11 is 21.4. The van der Waals surface area contributed by atoms with Crippen LogP contribution in [0.3, 0.4) is 0 Å². The van der Waals surface area contributed by atoms with Crippen molar-refractivity contribution in [3.63, 3.8) is 0 Å². The van der Waals surface area contributed by atoms with E-state index in [2.05, 4.69) is 15.9 Å². The molecule has 0 spiro atoms. The minimum atomic E-state index is -0.347. The van der Waals surface area contributed by atoms with E-state index in [4.69, 9.17) is 34.8 Å². The van der Waals surface area contributed by atoms with Gasteiger partial charge in [0.25, 0.3) is 0 Å². The van der Waals surface area contributed by atoms with E-state index in [1.54, 1.807) is 30.3 Å². The van der Waals surface area contributed by atoms with E-state index in [0.717, 1.165) is 0 Å². The number of benzene rings is 2. The van der Waals surface area contributed by atoms with E-state index in [9.17, 15) is 4.39 Å². The molecule has 94 valence electrons. The second-order valence-electron chi connectivity index (χ2n) is 3.63. The van der Waals surface area contributed by atoms with Gasteiger partial charge in [-0.2, -0.15) is 0 Å². The minimum absolute atomic E-state index is 0.259. The van der Waals surface area contributed by atoms with Crippen molar-refractivity contribution < 1.29 is 4.39 Å². The molecule has 18 heavy (non-hydrogen) atoms. The van der Waals surface area contributed by atoms with Crippen molar-refractivity contribution >= 4 is 50.7 Å². The van der Waals surface area contributed by atoms with Crippen LogP contribution in [0.4, 0.5) is 4.39 Å². The first-order chi connectivity index (χ1) is 8.56. The summed E-state index contributed by atoms with van der Waals surface area (Å²) in [6, 6.07) is 8.26. The Labute approximate surface area is 128 Å². The Morgan fingerprint density at radius 3 is 2.33 bits per heavy atom. The predicted molar refractivity (Wildman–Crippen MR) is 79.5 cm³/mol. The number of alkyl halides is 1. The lowest BCUT2D eigenvalue weighted by Gasteiger charge is -2.11. The maximum absolute atomic E-state index is 14.3. The van der Waals surface area contributed by atoms with E-state index in [1.807, 2.05) is 0 Å². The van der Waals surface area contributed by atoms with Gasteiger partial charge in [0.2, 0.25) is 0 Å². The van der Waals surface area contributed by atoms with Crippen LogP contribution in [0.15, 0.2) is 30.3 Å². The summed E-state index contributed by atoms with van der Waals surface area (Å²) in [5.41, 5.74) is 1.31. The van der Waals surface area contributed by atoms with Gasteiger partial charge in [0, 0.05) is 16.5 Å². The lowest BCUT2D eigenvalue weighted by molar-refractivity contribution is 0.621. The summed E-state index contributed by atoms with van der Waals surface area (Å²) in [7, 11) is 0. The third-order valence-corrected chi connectivity index (χ3v) is 4.26. The first kappa shape index (κ1) is 14.1. The molecule has 2 aromatic carbocycles. The molecule has 0 fully saturated rings. The molecule has 0 aliphatic heterocycles. The van der Waals surface area contributed by atoms with E-state index >= 15 is 0 Å². The van der Waals surface area contributed by atoms with Gasteiger partial charge in [0.15, 0.2) is 0 Å². The van der Waals surface area contributed by atoms with Crippen LogP contribution in [0, 0.1) is 5.82 Å². The maximum Gasteiger partial charge on any atom is 0.135 e. The lowest BCUT2D eigenvalue weighted by atomic mass is 10.0. The number of hydrogen-bond acceptors (Lipinski definition) is 0. The first-order valence-corrected chi connectivity index (χ1v) is 7.29. The van der Waals surface area contributed by atoms with Crippen LogP contribution in [-0.2, 0) is 5.33 Å². The maximum atomic E-state index is 14.3. The van der Waals surface area contributed by atoms with Crippen molar-refractivity contribution in [2.75, 3.05) is 0 Å². The molecule has 0 aliphatic rings. The normalized spacial score (nSPS) is 10.7. The van der Waals surface area contributed by atoms with Crippen molar-refractivity contribution in [2.45, 2.75) is 5.33 Å². The Hall–Kier alpha value is -0.280. The second kappa shape index (κ2) is 5.79. The van der Waals surface area contributed by atoms with Crippen LogP contribution in [0.25, 0.3) is 11.1 Å². The summed E-state index contributed by atoms with van der Waals surface area (Å²) < 4.78 is 14.3. The fraction of sp³-hybridized carbons (Fsp3) is 0.0769. The van der Waals surface area contributed by atoms with Gasteiger partial charge < -0.3 is 0 Å². The molecule has 0 saturated heterocycles. The zero-order valence-corrected chi connectivity index (χ0v) is 12.8. The van der Waals surface area contributed by atoms with E-state index < -0.39 is 0 Å². The van der Waals surface area contributed by atoms with Crippen LogP contribution in [-0.4, -0.2) is 0 Å². The molecule has 0 aliphatic carbocycles. The van der Waals surface area contributed by atoms with Gasteiger partial charge in [-0.25, -0.2) is 4.39 Å². The molecule has 2 aromatic rings. The monoisotopic (exact) mass is 366 g/mol. The number of rotatable bonds is 2. The molecule has 5 heteroatoms. The zero-order chi connectivity index (χ0) is 13.3. The Morgan fingerprint density at radius 1 is 1.00 bits per heavy atom. The second-order valence-corrected chi connectivity index (χ2v) is 5.38. The highest BCUT2D eigenvalue weighted by Crippen LogP contribution is 2.40. The van der Waals surface area contributed by atoms with Crippen LogP contribution in [0.1, 0.15) is 5.56 Å². The van der Waals surface area contributed by atoms with Gasteiger partial charge in [0.1, 0.15) is 5.82 Å². The summed E-state index contributed by atoms with van der Waals surface area (Å²) in [5, 5.41) is 1.40. The summed E-state index contributed by atoms with van der Waals surface area (Å²) in [4.78, 5) is 0. The standard InChI is InChI=1S/C13H7BrCl3F/c14-6-7-2-1-3-8(13(7)18)11-9(15)4-5-10(16)12(11)17/h1-5H,6H2. The predicted octanol–water partition coefficient (Wildman–Crippen LogP) is 6.35. The molecule has 0 radical (unpaired) electrons. The Kier molecular flexibility index (Phi) is 4.54. The fourth-order valence-corrected chi connectivity index (χ4v) is 2.81. The third-order valence-electron chi connectivity index (χ3n) is 2.54. The largest absolute Gasteiger partial charge is 0.206 e. The quantitative estimate of drug-likeness (QED) is 0.428. The van der Waals surface area contributed by atoms with Crippen LogP contribution in [0.2, 0.25) is 15.1 Å². The van der Waals surface area contributed by atoms with Crippen LogP contribution < -0.4 is 0 Å². The Morgan fingerprint density at radius 2 is 1.67 bits per heavy atom. The van der Waals surface area contributed by atoms with Crippen molar-refractivity contribution in [1.82, 2.24) is 0 Å². The van der Waals surface area contributed by atoms with Gasteiger partial charge in [-0.1, -0.05) is 68.9 Å². The van der Waals surface area contributed by atoms with Crippen molar-refractivity contribution in [1.29, 1.82) is 0 Å². The summed E-state index contributed by atoms with van der Waals surface area (Å²) in [6.45, 7) is 0. The fourth-order valence-electron chi connectivity index (χ4n) is 1.65. The van der Waals surface area contributed by atoms with Crippen LogP contribution >= 0.6 is 50.7 Å². The Bertz CT molecular complexity index is 599. The van der Waals surface area contributed by atoms with E-state index in [1.165, 1.54) is 0 Å². The molecule has 0 amide bonds. The highest BCUT2D eigenvalue weighted by atomic mass is 79.9. The molecule has 0 aromatic heterocycles. The van der Waals surface area contributed by atoms with Gasteiger partial charge in [0.05, 0.1) is 15.1 Å². The number of halogens is 5. The van der Waals surface area contributed by atoms with Gasteiger partial charge >= 0.3 is 0 Å². The van der Waals surface area contributed by atoms with Crippen molar-refractivity contribution in [3.8, 4) is 11.1 Å². The molecule has 2 rings (SSSR count). The molecule has 0 N–H and O–H groups in total. The van der Waals surface area contributed by atoms with Gasteiger partial charge in [-0.15, -0.1) is 0 Å². The highest BCUT2D eigenvalue weighted by molar-refractivity contribution is 9.08. The van der Waals surface area contributed by atoms with E-state index in [0.29, 0.717) is 32.1 Å². The molecule has 0 saturated carbocycles.